The van der Waals surface area contributed by atoms with E-state index < -0.39 is 6.10 Å². The van der Waals surface area contributed by atoms with Crippen molar-refractivity contribution in [3.63, 3.8) is 0 Å². The molecule has 0 radical (unpaired) electrons. The predicted molar refractivity (Wildman–Crippen MR) is 133 cm³/mol. The molecule has 0 aromatic heterocycles. The van der Waals surface area contributed by atoms with Crippen molar-refractivity contribution in [2.45, 2.75) is 117 Å². The van der Waals surface area contributed by atoms with Crippen molar-refractivity contribution in [1.82, 2.24) is 0 Å². The quantitative estimate of drug-likeness (QED) is 0.162. The fourth-order valence-electron chi connectivity index (χ4n) is 3.65. The molecular formula is C28H46O5. The Morgan fingerprint density at radius 2 is 1.42 bits per heavy atom. The average molecular weight is 463 g/mol. The van der Waals surface area contributed by atoms with E-state index in [0.29, 0.717) is 26.1 Å². The first kappa shape index (κ1) is 29.2. The van der Waals surface area contributed by atoms with E-state index in [1.54, 1.807) is 0 Å². The van der Waals surface area contributed by atoms with Gasteiger partial charge in [-0.1, -0.05) is 77.1 Å². The van der Waals surface area contributed by atoms with E-state index in [1.807, 2.05) is 20.8 Å². The Labute approximate surface area is 201 Å². The van der Waals surface area contributed by atoms with Crippen LogP contribution in [0, 0.1) is 0 Å². The first-order valence-electron chi connectivity index (χ1n) is 13.1. The van der Waals surface area contributed by atoms with Gasteiger partial charge in [0.1, 0.15) is 0 Å². The van der Waals surface area contributed by atoms with Crippen LogP contribution in [0.15, 0.2) is 24.3 Å². The van der Waals surface area contributed by atoms with Gasteiger partial charge in [-0.3, -0.25) is 4.79 Å². The van der Waals surface area contributed by atoms with Crippen LogP contribution in [0.1, 0.15) is 116 Å². The van der Waals surface area contributed by atoms with Crippen molar-refractivity contribution in [1.29, 1.82) is 0 Å². The topological polar surface area (TPSA) is 61.8 Å². The zero-order valence-electron chi connectivity index (χ0n) is 21.4. The number of unbranched alkanes of at least 4 members (excludes halogenated alkanes) is 5. The first-order valence-corrected chi connectivity index (χ1v) is 13.1. The predicted octanol–water partition coefficient (Wildman–Crippen LogP) is 7.11. The summed E-state index contributed by atoms with van der Waals surface area (Å²) >= 11 is 0. The lowest BCUT2D eigenvalue weighted by Crippen LogP contribution is -2.28. The Morgan fingerprint density at radius 3 is 2.09 bits per heavy atom. The molecule has 0 aliphatic carbocycles. The lowest BCUT2D eigenvalue weighted by molar-refractivity contribution is -0.162. The van der Waals surface area contributed by atoms with E-state index in [4.69, 9.17) is 14.2 Å². The summed E-state index contributed by atoms with van der Waals surface area (Å²) < 4.78 is 16.6. The Kier molecular flexibility index (Phi) is 16.4. The fourth-order valence-corrected chi connectivity index (χ4v) is 3.65. The molecule has 1 aromatic rings. The third-order valence-electron chi connectivity index (χ3n) is 5.66. The van der Waals surface area contributed by atoms with Gasteiger partial charge in [0.05, 0.1) is 19.3 Å². The molecule has 0 heterocycles. The standard InChI is InChI=1S/C28H46O5/c1-5-8-9-10-11-12-14-24-17-19-25(20-18-24)23(4)33-26(28(30)32-22-7-3)15-13-16-27(29)31-21-6-2/h17-20,23,26H,5-16,21-22H2,1-4H3. The van der Waals surface area contributed by atoms with E-state index in [9.17, 15) is 9.59 Å². The molecule has 0 N–H and O–H groups in total. The number of hydrogen-bond donors (Lipinski definition) is 0. The molecule has 0 saturated carbocycles. The van der Waals surface area contributed by atoms with Gasteiger partial charge in [0.25, 0.3) is 0 Å². The second-order valence-electron chi connectivity index (χ2n) is 8.81. The van der Waals surface area contributed by atoms with Crippen molar-refractivity contribution < 1.29 is 23.8 Å². The second kappa shape index (κ2) is 18.5. The van der Waals surface area contributed by atoms with E-state index in [-0.39, 0.29) is 24.5 Å². The Hall–Kier alpha value is -1.88. The molecule has 5 nitrogen and oxygen atoms in total. The molecule has 0 bridgehead atoms. The summed E-state index contributed by atoms with van der Waals surface area (Å²) in [4.78, 5) is 24.3. The third-order valence-corrected chi connectivity index (χ3v) is 5.66. The monoisotopic (exact) mass is 462 g/mol. The van der Waals surface area contributed by atoms with Crippen LogP contribution in [0.3, 0.4) is 0 Å². The number of rotatable bonds is 19. The first-order chi connectivity index (χ1) is 16.0. The molecule has 0 saturated heterocycles. The van der Waals surface area contributed by atoms with Crippen LogP contribution >= 0.6 is 0 Å². The number of ether oxygens (including phenoxy) is 3. The molecule has 5 heteroatoms. The number of aryl methyl sites for hydroxylation is 1. The molecule has 0 aliphatic rings. The van der Waals surface area contributed by atoms with Crippen LogP contribution in [0.2, 0.25) is 0 Å². The summed E-state index contributed by atoms with van der Waals surface area (Å²) in [5.74, 6) is -0.586. The molecule has 0 fully saturated rings. The van der Waals surface area contributed by atoms with Crippen molar-refractivity contribution in [3.05, 3.63) is 35.4 Å². The number of benzene rings is 1. The molecule has 1 rings (SSSR count). The van der Waals surface area contributed by atoms with Gasteiger partial charge < -0.3 is 14.2 Å². The Bertz CT molecular complexity index is 640. The van der Waals surface area contributed by atoms with Crippen molar-refractivity contribution in [2.24, 2.45) is 0 Å². The molecule has 0 aliphatic heterocycles. The third kappa shape index (κ3) is 13.4. The van der Waals surface area contributed by atoms with Crippen LogP contribution in [-0.4, -0.2) is 31.3 Å². The van der Waals surface area contributed by atoms with Gasteiger partial charge in [-0.05, 0) is 56.6 Å². The van der Waals surface area contributed by atoms with Crippen molar-refractivity contribution >= 4 is 11.9 Å². The van der Waals surface area contributed by atoms with Crippen LogP contribution in [0.4, 0.5) is 0 Å². The number of carbonyl (C=O) groups excluding carboxylic acids is 2. The maximum Gasteiger partial charge on any atom is 0.335 e. The highest BCUT2D eigenvalue weighted by Crippen LogP contribution is 2.23. The van der Waals surface area contributed by atoms with Gasteiger partial charge in [0.2, 0.25) is 0 Å². The molecule has 1 aromatic carbocycles. The highest BCUT2D eigenvalue weighted by atomic mass is 16.6. The van der Waals surface area contributed by atoms with Crippen LogP contribution in [-0.2, 0) is 30.2 Å². The van der Waals surface area contributed by atoms with Crippen LogP contribution in [0.25, 0.3) is 0 Å². The fraction of sp³-hybridized carbons (Fsp3) is 0.714. The number of carbonyl (C=O) groups is 2. The van der Waals surface area contributed by atoms with Gasteiger partial charge in [-0.15, -0.1) is 0 Å². The highest BCUT2D eigenvalue weighted by molar-refractivity contribution is 5.75. The molecular weight excluding hydrogens is 416 g/mol. The zero-order chi connectivity index (χ0) is 24.3. The average Bonchev–Trinajstić information content (AvgIpc) is 2.83. The van der Waals surface area contributed by atoms with Gasteiger partial charge >= 0.3 is 11.9 Å². The highest BCUT2D eigenvalue weighted by Gasteiger charge is 2.24. The smallest absolute Gasteiger partial charge is 0.335 e. The molecule has 188 valence electrons. The van der Waals surface area contributed by atoms with E-state index in [1.165, 1.54) is 44.1 Å². The van der Waals surface area contributed by atoms with E-state index >= 15 is 0 Å². The lowest BCUT2D eigenvalue weighted by atomic mass is 10.0. The number of esters is 2. The Balaban J connectivity index is 2.55. The minimum Gasteiger partial charge on any atom is -0.466 e. The summed E-state index contributed by atoms with van der Waals surface area (Å²) in [6, 6.07) is 8.51. The van der Waals surface area contributed by atoms with Crippen LogP contribution in [0.5, 0.6) is 0 Å². The molecule has 2 unspecified atom stereocenters. The Morgan fingerprint density at radius 1 is 0.788 bits per heavy atom. The summed E-state index contributed by atoms with van der Waals surface area (Å²) in [5.41, 5.74) is 2.38. The van der Waals surface area contributed by atoms with Crippen molar-refractivity contribution in [3.8, 4) is 0 Å². The molecule has 0 spiro atoms. The molecule has 2 atom stereocenters. The van der Waals surface area contributed by atoms with Crippen molar-refractivity contribution in [2.75, 3.05) is 13.2 Å². The molecule has 33 heavy (non-hydrogen) atoms. The van der Waals surface area contributed by atoms with Crippen LogP contribution < -0.4 is 0 Å². The van der Waals surface area contributed by atoms with Gasteiger partial charge in [-0.2, -0.15) is 0 Å². The maximum absolute atomic E-state index is 12.5. The van der Waals surface area contributed by atoms with Gasteiger partial charge in [0.15, 0.2) is 6.10 Å². The summed E-state index contributed by atoms with van der Waals surface area (Å²) in [5, 5.41) is 0. The minimum absolute atomic E-state index is 0.230. The lowest BCUT2D eigenvalue weighted by Gasteiger charge is -2.22. The second-order valence-corrected chi connectivity index (χ2v) is 8.81. The van der Waals surface area contributed by atoms with Gasteiger partial charge in [0, 0.05) is 6.42 Å². The zero-order valence-corrected chi connectivity index (χ0v) is 21.4. The molecule has 0 amide bonds. The normalized spacial score (nSPS) is 12.8. The van der Waals surface area contributed by atoms with Gasteiger partial charge in [-0.25, -0.2) is 4.79 Å². The SMILES string of the molecule is CCCCCCCCc1ccc(C(C)OC(CCCC(=O)OCCC)C(=O)OCCC)cc1. The summed E-state index contributed by atoms with van der Waals surface area (Å²) in [6.07, 6.45) is 10.8. The van der Waals surface area contributed by atoms with E-state index in [0.717, 1.165) is 24.8 Å². The summed E-state index contributed by atoms with van der Waals surface area (Å²) in [6.45, 7) is 8.93. The maximum atomic E-state index is 12.5. The summed E-state index contributed by atoms with van der Waals surface area (Å²) in [7, 11) is 0. The minimum atomic E-state index is -0.687. The van der Waals surface area contributed by atoms with E-state index in [2.05, 4.69) is 31.2 Å². The number of hydrogen-bond acceptors (Lipinski definition) is 5. The largest absolute Gasteiger partial charge is 0.466 e.